The Morgan fingerprint density at radius 3 is 1.90 bits per heavy atom. The molecule has 2 rings (SSSR count). The summed E-state index contributed by atoms with van der Waals surface area (Å²) in [4.78, 5) is 4.30. The van der Waals surface area contributed by atoms with Crippen LogP contribution in [0.25, 0.3) is 0 Å². The molecule has 0 atom stereocenters. The zero-order chi connectivity index (χ0) is 21.9. The van der Waals surface area contributed by atoms with Crippen LogP contribution in [0.4, 0.5) is 0 Å². The molecule has 0 aliphatic heterocycles. The van der Waals surface area contributed by atoms with Crippen molar-refractivity contribution < 1.29 is 18.9 Å². The lowest BCUT2D eigenvalue weighted by atomic mass is 10.1. The van der Waals surface area contributed by atoms with Gasteiger partial charge in [0.1, 0.15) is 23.0 Å². The fourth-order valence-electron chi connectivity index (χ4n) is 3.20. The van der Waals surface area contributed by atoms with Gasteiger partial charge < -0.3 is 29.6 Å². The topological polar surface area (TPSA) is 73.3 Å². The van der Waals surface area contributed by atoms with E-state index < -0.39 is 0 Å². The number of halogens is 1. The number of nitrogens with zero attached hydrogens (tertiary/aromatic N) is 1. The summed E-state index contributed by atoms with van der Waals surface area (Å²) in [5.41, 5.74) is 3.33. The summed E-state index contributed by atoms with van der Waals surface area (Å²) in [7, 11) is 8.37. The Kier molecular flexibility index (Phi) is 11.9. The molecule has 2 aromatic rings. The first-order valence-electron chi connectivity index (χ1n) is 9.93. The molecule has 2 aromatic carbocycles. The molecule has 0 heterocycles. The SMILES string of the molecule is CN=C(NCCc1ccc(C)c(OC)c1)NCCc1c(OC)cc(OC)cc1OC.I. The van der Waals surface area contributed by atoms with E-state index in [0.717, 1.165) is 47.3 Å². The van der Waals surface area contributed by atoms with E-state index >= 15 is 0 Å². The quantitative estimate of drug-likeness (QED) is 0.271. The maximum atomic E-state index is 5.51. The lowest BCUT2D eigenvalue weighted by Gasteiger charge is -2.16. The van der Waals surface area contributed by atoms with Crippen molar-refractivity contribution in [2.24, 2.45) is 4.99 Å². The van der Waals surface area contributed by atoms with Crippen molar-refractivity contribution in [1.29, 1.82) is 0 Å². The highest BCUT2D eigenvalue weighted by molar-refractivity contribution is 14.0. The fraction of sp³-hybridized carbons (Fsp3) is 0.435. The van der Waals surface area contributed by atoms with Gasteiger partial charge in [-0.15, -0.1) is 24.0 Å². The van der Waals surface area contributed by atoms with Gasteiger partial charge in [-0.1, -0.05) is 12.1 Å². The number of methoxy groups -OCH3 is 4. The molecular weight excluding hydrogens is 509 g/mol. The van der Waals surface area contributed by atoms with E-state index in [-0.39, 0.29) is 24.0 Å². The van der Waals surface area contributed by atoms with Gasteiger partial charge >= 0.3 is 0 Å². The second-order valence-corrected chi connectivity index (χ2v) is 6.74. The Labute approximate surface area is 202 Å². The summed E-state index contributed by atoms with van der Waals surface area (Å²) in [6, 6.07) is 10.0. The molecule has 8 heteroatoms. The summed E-state index contributed by atoms with van der Waals surface area (Å²) in [6.07, 6.45) is 1.59. The minimum atomic E-state index is 0. The van der Waals surface area contributed by atoms with Crippen LogP contribution in [-0.4, -0.2) is 54.5 Å². The molecule has 172 valence electrons. The molecule has 0 aromatic heterocycles. The van der Waals surface area contributed by atoms with Gasteiger partial charge in [-0.25, -0.2) is 0 Å². The predicted molar refractivity (Wildman–Crippen MR) is 136 cm³/mol. The normalized spacial score (nSPS) is 10.7. The third-order valence-electron chi connectivity index (χ3n) is 4.89. The first kappa shape index (κ1) is 26.7. The summed E-state index contributed by atoms with van der Waals surface area (Å²) < 4.78 is 21.7. The fourth-order valence-corrected chi connectivity index (χ4v) is 3.20. The molecule has 0 saturated heterocycles. The Balaban J connectivity index is 0.00000480. The lowest BCUT2D eigenvalue weighted by molar-refractivity contribution is 0.368. The van der Waals surface area contributed by atoms with Crippen LogP contribution >= 0.6 is 24.0 Å². The van der Waals surface area contributed by atoms with Crippen LogP contribution in [0.5, 0.6) is 23.0 Å². The van der Waals surface area contributed by atoms with E-state index in [1.165, 1.54) is 5.56 Å². The number of ether oxygens (including phenoxy) is 4. The van der Waals surface area contributed by atoms with Crippen LogP contribution < -0.4 is 29.6 Å². The molecule has 0 saturated carbocycles. The van der Waals surface area contributed by atoms with Crippen molar-refractivity contribution in [1.82, 2.24) is 10.6 Å². The van der Waals surface area contributed by atoms with Gasteiger partial charge in [0.05, 0.1) is 28.4 Å². The third-order valence-corrected chi connectivity index (χ3v) is 4.89. The number of guanidine groups is 1. The number of rotatable bonds is 10. The van der Waals surface area contributed by atoms with Gasteiger partial charge in [0, 0.05) is 37.8 Å². The summed E-state index contributed by atoms with van der Waals surface area (Å²) >= 11 is 0. The lowest BCUT2D eigenvalue weighted by Crippen LogP contribution is -2.39. The summed E-state index contributed by atoms with van der Waals surface area (Å²) in [5, 5.41) is 6.69. The van der Waals surface area contributed by atoms with Crippen molar-refractivity contribution in [2.45, 2.75) is 19.8 Å². The molecule has 0 unspecified atom stereocenters. The smallest absolute Gasteiger partial charge is 0.190 e. The zero-order valence-corrected chi connectivity index (χ0v) is 21.5. The summed E-state index contributed by atoms with van der Waals surface area (Å²) in [6.45, 7) is 3.48. The molecule has 0 spiro atoms. The van der Waals surface area contributed by atoms with Crippen LogP contribution in [-0.2, 0) is 12.8 Å². The molecule has 0 amide bonds. The average molecular weight is 543 g/mol. The number of nitrogens with one attached hydrogen (secondary N) is 2. The molecule has 2 N–H and O–H groups in total. The van der Waals surface area contributed by atoms with E-state index in [2.05, 4.69) is 33.8 Å². The highest BCUT2D eigenvalue weighted by Crippen LogP contribution is 2.34. The molecule has 0 bridgehead atoms. The van der Waals surface area contributed by atoms with Crippen molar-refractivity contribution in [3.05, 3.63) is 47.0 Å². The van der Waals surface area contributed by atoms with Crippen LogP contribution in [0.2, 0.25) is 0 Å². The van der Waals surface area contributed by atoms with Crippen LogP contribution in [0, 0.1) is 6.92 Å². The van der Waals surface area contributed by atoms with Gasteiger partial charge in [0.25, 0.3) is 0 Å². The minimum absolute atomic E-state index is 0. The monoisotopic (exact) mass is 543 g/mol. The van der Waals surface area contributed by atoms with Gasteiger partial charge in [-0.05, 0) is 37.0 Å². The Bertz CT molecular complexity index is 834. The van der Waals surface area contributed by atoms with Gasteiger partial charge in [-0.2, -0.15) is 0 Å². The zero-order valence-electron chi connectivity index (χ0n) is 19.2. The number of hydrogen-bond donors (Lipinski definition) is 2. The minimum Gasteiger partial charge on any atom is -0.496 e. The Hall–Kier alpha value is -2.36. The molecular formula is C23H34IN3O4. The van der Waals surface area contributed by atoms with Crippen LogP contribution in [0.15, 0.2) is 35.3 Å². The molecule has 7 nitrogen and oxygen atoms in total. The van der Waals surface area contributed by atoms with Crippen molar-refractivity contribution in [3.63, 3.8) is 0 Å². The summed E-state index contributed by atoms with van der Waals surface area (Å²) in [5.74, 6) is 3.84. The maximum absolute atomic E-state index is 5.51. The number of hydrogen-bond acceptors (Lipinski definition) is 5. The average Bonchev–Trinajstić information content (AvgIpc) is 2.78. The first-order chi connectivity index (χ1) is 14.6. The molecule has 0 aliphatic rings. The van der Waals surface area contributed by atoms with E-state index in [1.54, 1.807) is 35.5 Å². The third kappa shape index (κ3) is 7.68. The number of aliphatic imine (C=N–C) groups is 1. The Morgan fingerprint density at radius 2 is 1.39 bits per heavy atom. The van der Waals surface area contributed by atoms with Gasteiger partial charge in [0.15, 0.2) is 5.96 Å². The first-order valence-corrected chi connectivity index (χ1v) is 9.93. The number of aryl methyl sites for hydroxylation is 1. The van der Waals surface area contributed by atoms with Crippen LogP contribution in [0.3, 0.4) is 0 Å². The van der Waals surface area contributed by atoms with Crippen LogP contribution in [0.1, 0.15) is 16.7 Å². The largest absolute Gasteiger partial charge is 0.496 e. The van der Waals surface area contributed by atoms with E-state index in [4.69, 9.17) is 18.9 Å². The second kappa shape index (κ2) is 13.8. The standard InChI is InChI=1S/C23H33N3O4.HI/c1-16-7-8-17(13-20(16)28-4)9-11-25-23(24-2)26-12-10-19-21(29-5)14-18(27-3)15-22(19)30-6;/h7-8,13-15H,9-12H2,1-6H3,(H2,24,25,26);1H. The Morgan fingerprint density at radius 1 is 0.806 bits per heavy atom. The molecule has 0 fully saturated rings. The highest BCUT2D eigenvalue weighted by atomic mass is 127. The van der Waals surface area contributed by atoms with Crippen molar-refractivity contribution >= 4 is 29.9 Å². The van der Waals surface area contributed by atoms with Gasteiger partial charge in [0.2, 0.25) is 0 Å². The van der Waals surface area contributed by atoms with E-state index in [0.29, 0.717) is 18.7 Å². The maximum Gasteiger partial charge on any atom is 0.190 e. The van der Waals surface area contributed by atoms with Crippen molar-refractivity contribution in [2.75, 3.05) is 48.6 Å². The van der Waals surface area contributed by atoms with E-state index in [1.807, 2.05) is 19.1 Å². The van der Waals surface area contributed by atoms with Crippen molar-refractivity contribution in [3.8, 4) is 23.0 Å². The highest BCUT2D eigenvalue weighted by Gasteiger charge is 2.13. The molecule has 0 aliphatic carbocycles. The number of benzene rings is 2. The second-order valence-electron chi connectivity index (χ2n) is 6.74. The van der Waals surface area contributed by atoms with E-state index in [9.17, 15) is 0 Å². The predicted octanol–water partition coefficient (Wildman–Crippen LogP) is 3.60. The molecule has 31 heavy (non-hydrogen) atoms. The van der Waals surface area contributed by atoms with Gasteiger partial charge in [-0.3, -0.25) is 4.99 Å². The molecule has 0 radical (unpaired) electrons.